The summed E-state index contributed by atoms with van der Waals surface area (Å²) >= 11 is 0. The molecule has 0 saturated carbocycles. The highest BCUT2D eigenvalue weighted by atomic mass is 19.1. The molecular weight excluding hydrogens is 297 g/mol. The molecule has 0 atom stereocenters. The number of hydrogen-bond acceptors (Lipinski definition) is 3. The minimum absolute atomic E-state index is 0.132. The normalized spacial score (nSPS) is 16.3. The number of carbonyl (C=O) groups excluding carboxylic acids is 2. The predicted octanol–water partition coefficient (Wildman–Crippen LogP) is 1.95. The van der Waals surface area contributed by atoms with Gasteiger partial charge in [-0.25, -0.2) is 4.39 Å². The third-order valence-electron chi connectivity index (χ3n) is 3.80. The van der Waals surface area contributed by atoms with Crippen LogP contribution in [0.5, 0.6) is 0 Å². The van der Waals surface area contributed by atoms with Gasteiger partial charge < -0.3 is 10.2 Å². The fourth-order valence-corrected chi connectivity index (χ4v) is 2.52. The Kier molecular flexibility index (Phi) is 5.36. The van der Waals surface area contributed by atoms with Crippen LogP contribution in [0, 0.1) is 11.2 Å². The van der Waals surface area contributed by atoms with Gasteiger partial charge in [0, 0.05) is 37.3 Å². The van der Waals surface area contributed by atoms with E-state index in [1.165, 1.54) is 24.3 Å². The lowest BCUT2D eigenvalue weighted by atomic mass is 9.94. The minimum Gasteiger partial charge on any atom is -0.340 e. The smallest absolute Gasteiger partial charge is 0.238 e. The Balaban J connectivity index is 1.79. The quantitative estimate of drug-likeness (QED) is 0.926. The zero-order valence-corrected chi connectivity index (χ0v) is 13.9. The van der Waals surface area contributed by atoms with Gasteiger partial charge in [0.2, 0.25) is 11.8 Å². The van der Waals surface area contributed by atoms with Crippen LogP contribution in [0.2, 0.25) is 0 Å². The molecule has 23 heavy (non-hydrogen) atoms. The van der Waals surface area contributed by atoms with Crippen LogP contribution in [0.25, 0.3) is 0 Å². The molecule has 1 aromatic rings. The summed E-state index contributed by atoms with van der Waals surface area (Å²) in [4.78, 5) is 28.1. The number of benzene rings is 1. The van der Waals surface area contributed by atoms with Gasteiger partial charge in [-0.15, -0.1) is 0 Å². The molecule has 0 spiro atoms. The average molecular weight is 321 g/mol. The van der Waals surface area contributed by atoms with Crippen LogP contribution in [-0.4, -0.2) is 54.3 Å². The topological polar surface area (TPSA) is 52.7 Å². The van der Waals surface area contributed by atoms with Gasteiger partial charge in [-0.3, -0.25) is 14.5 Å². The molecule has 1 aliphatic rings. The molecule has 2 rings (SSSR count). The summed E-state index contributed by atoms with van der Waals surface area (Å²) in [5.41, 5.74) is 0.209. The fraction of sp³-hybridized carbons (Fsp3) is 0.529. The lowest BCUT2D eigenvalue weighted by Gasteiger charge is -2.37. The molecule has 0 radical (unpaired) electrons. The van der Waals surface area contributed by atoms with Crippen molar-refractivity contribution in [2.75, 3.05) is 38.0 Å². The molecule has 1 aromatic carbocycles. The largest absolute Gasteiger partial charge is 0.340 e. The van der Waals surface area contributed by atoms with Crippen LogP contribution < -0.4 is 5.32 Å². The van der Waals surface area contributed by atoms with E-state index in [2.05, 4.69) is 5.32 Å². The second-order valence-electron chi connectivity index (χ2n) is 6.87. The van der Waals surface area contributed by atoms with E-state index in [0.717, 1.165) is 0 Å². The second-order valence-corrected chi connectivity index (χ2v) is 6.87. The number of amides is 2. The highest BCUT2D eigenvalue weighted by molar-refractivity contribution is 5.92. The number of halogens is 1. The monoisotopic (exact) mass is 321 g/mol. The molecule has 1 aliphatic heterocycles. The van der Waals surface area contributed by atoms with Crippen LogP contribution in [0.15, 0.2) is 24.3 Å². The Labute approximate surface area is 136 Å². The molecule has 1 heterocycles. The summed E-state index contributed by atoms with van der Waals surface area (Å²) in [6, 6.07) is 5.69. The average Bonchev–Trinajstić information content (AvgIpc) is 2.49. The maximum atomic E-state index is 12.8. The second kappa shape index (κ2) is 7.08. The first-order valence-corrected chi connectivity index (χ1v) is 7.83. The van der Waals surface area contributed by atoms with E-state index >= 15 is 0 Å². The van der Waals surface area contributed by atoms with Crippen molar-refractivity contribution in [2.45, 2.75) is 20.8 Å². The summed E-state index contributed by atoms with van der Waals surface area (Å²) in [6.45, 7) is 8.65. The van der Waals surface area contributed by atoms with Gasteiger partial charge in [0.25, 0.3) is 0 Å². The first-order valence-electron chi connectivity index (χ1n) is 7.83. The lowest BCUT2D eigenvalue weighted by molar-refractivity contribution is -0.141. The van der Waals surface area contributed by atoms with Crippen molar-refractivity contribution in [3.8, 4) is 0 Å². The lowest BCUT2D eigenvalue weighted by Crippen LogP contribution is -2.52. The van der Waals surface area contributed by atoms with Crippen molar-refractivity contribution in [1.29, 1.82) is 0 Å². The summed E-state index contributed by atoms with van der Waals surface area (Å²) in [5.74, 6) is -0.317. The maximum Gasteiger partial charge on any atom is 0.238 e. The van der Waals surface area contributed by atoms with E-state index in [-0.39, 0.29) is 29.6 Å². The highest BCUT2D eigenvalue weighted by Crippen LogP contribution is 2.18. The number of carbonyl (C=O) groups is 2. The van der Waals surface area contributed by atoms with Crippen LogP contribution in [0.1, 0.15) is 20.8 Å². The predicted molar refractivity (Wildman–Crippen MR) is 87.5 cm³/mol. The standard InChI is InChI=1S/C17H24FN3O2/c1-17(2,3)16(23)21-10-8-20(9-11-21)12-15(22)19-14-6-4-13(18)5-7-14/h4-7H,8-12H2,1-3H3,(H,19,22). The summed E-state index contributed by atoms with van der Waals surface area (Å²) in [7, 11) is 0. The number of nitrogens with zero attached hydrogens (tertiary/aromatic N) is 2. The Morgan fingerprint density at radius 1 is 1.09 bits per heavy atom. The van der Waals surface area contributed by atoms with Gasteiger partial charge in [0.1, 0.15) is 5.82 Å². The highest BCUT2D eigenvalue weighted by Gasteiger charge is 2.29. The van der Waals surface area contributed by atoms with Crippen molar-refractivity contribution in [1.82, 2.24) is 9.80 Å². The van der Waals surface area contributed by atoms with Crippen molar-refractivity contribution < 1.29 is 14.0 Å². The zero-order valence-electron chi connectivity index (χ0n) is 13.9. The van der Waals surface area contributed by atoms with Crippen molar-refractivity contribution >= 4 is 17.5 Å². The van der Waals surface area contributed by atoms with Crippen molar-refractivity contribution in [2.24, 2.45) is 5.41 Å². The van der Waals surface area contributed by atoms with E-state index in [1.54, 1.807) is 0 Å². The van der Waals surface area contributed by atoms with Gasteiger partial charge in [0.15, 0.2) is 0 Å². The van der Waals surface area contributed by atoms with Crippen LogP contribution >= 0.6 is 0 Å². The molecule has 0 unspecified atom stereocenters. The number of piperazine rings is 1. The van der Waals surface area contributed by atoms with Crippen LogP contribution in [-0.2, 0) is 9.59 Å². The van der Waals surface area contributed by atoms with Crippen LogP contribution in [0.3, 0.4) is 0 Å². The third-order valence-corrected chi connectivity index (χ3v) is 3.80. The van der Waals surface area contributed by atoms with Gasteiger partial charge in [0.05, 0.1) is 6.54 Å². The Hall–Kier alpha value is -1.95. The van der Waals surface area contributed by atoms with E-state index < -0.39 is 0 Å². The van der Waals surface area contributed by atoms with Crippen molar-refractivity contribution in [3.63, 3.8) is 0 Å². The zero-order chi connectivity index (χ0) is 17.0. The number of hydrogen-bond donors (Lipinski definition) is 1. The Morgan fingerprint density at radius 3 is 2.17 bits per heavy atom. The first-order chi connectivity index (χ1) is 10.8. The van der Waals surface area contributed by atoms with E-state index in [0.29, 0.717) is 31.9 Å². The summed E-state index contributed by atoms with van der Waals surface area (Å²) < 4.78 is 12.8. The molecule has 1 N–H and O–H groups in total. The summed E-state index contributed by atoms with van der Waals surface area (Å²) in [6.07, 6.45) is 0. The number of nitrogens with one attached hydrogen (secondary N) is 1. The Morgan fingerprint density at radius 2 is 1.65 bits per heavy atom. The van der Waals surface area contributed by atoms with Crippen molar-refractivity contribution in [3.05, 3.63) is 30.1 Å². The molecule has 1 fully saturated rings. The molecule has 0 aromatic heterocycles. The van der Waals surface area contributed by atoms with Gasteiger partial charge in [-0.2, -0.15) is 0 Å². The van der Waals surface area contributed by atoms with E-state index in [9.17, 15) is 14.0 Å². The fourth-order valence-electron chi connectivity index (χ4n) is 2.52. The number of rotatable bonds is 3. The SMILES string of the molecule is CC(C)(C)C(=O)N1CCN(CC(=O)Nc2ccc(F)cc2)CC1. The third kappa shape index (κ3) is 5.03. The van der Waals surface area contributed by atoms with Gasteiger partial charge in [-0.1, -0.05) is 20.8 Å². The maximum absolute atomic E-state index is 12.8. The first kappa shape index (κ1) is 17.4. The van der Waals surface area contributed by atoms with Crippen LogP contribution in [0.4, 0.5) is 10.1 Å². The number of anilines is 1. The van der Waals surface area contributed by atoms with E-state index in [1.807, 2.05) is 30.6 Å². The van der Waals surface area contributed by atoms with E-state index in [4.69, 9.17) is 0 Å². The minimum atomic E-state index is -0.373. The molecular formula is C17H24FN3O2. The molecule has 1 saturated heterocycles. The molecule has 5 nitrogen and oxygen atoms in total. The van der Waals surface area contributed by atoms with Gasteiger partial charge >= 0.3 is 0 Å². The molecule has 6 heteroatoms. The van der Waals surface area contributed by atoms with Gasteiger partial charge in [-0.05, 0) is 24.3 Å². The molecule has 0 aliphatic carbocycles. The molecule has 126 valence electrons. The molecule has 2 amide bonds. The molecule has 0 bridgehead atoms. The Bertz CT molecular complexity index is 558. The summed E-state index contributed by atoms with van der Waals surface area (Å²) in [5, 5.41) is 2.75.